The monoisotopic (exact) mass is 381 g/mol. The Morgan fingerprint density at radius 3 is 2.52 bits per heavy atom. The van der Waals surface area contributed by atoms with Crippen LogP contribution in [0.25, 0.3) is 22.6 Å². The van der Waals surface area contributed by atoms with Gasteiger partial charge in [0.1, 0.15) is 5.69 Å². The molecule has 1 heterocycles. The van der Waals surface area contributed by atoms with Gasteiger partial charge < -0.3 is 4.52 Å². The van der Waals surface area contributed by atoms with Gasteiger partial charge in [0, 0.05) is 22.5 Å². The largest absolute Gasteiger partial charge is 0.416 e. The molecule has 0 unspecified atom stereocenters. The van der Waals surface area contributed by atoms with Gasteiger partial charge >= 0.3 is 6.18 Å². The zero-order chi connectivity index (χ0) is 16.4. The fourth-order valence-electron chi connectivity index (χ4n) is 2.27. The highest BCUT2D eigenvalue weighted by atomic mass is 79.9. The minimum atomic E-state index is -4.39. The van der Waals surface area contributed by atoms with Crippen molar-refractivity contribution in [2.75, 3.05) is 0 Å². The van der Waals surface area contributed by atoms with E-state index in [1.165, 1.54) is 6.07 Å². The molecule has 0 aliphatic heterocycles. The van der Waals surface area contributed by atoms with Crippen LogP contribution in [0.2, 0.25) is 0 Å². The van der Waals surface area contributed by atoms with Crippen LogP contribution >= 0.6 is 15.9 Å². The fourth-order valence-corrected chi connectivity index (χ4v) is 2.76. The van der Waals surface area contributed by atoms with Gasteiger partial charge in [-0.2, -0.15) is 13.2 Å². The first kappa shape index (κ1) is 15.8. The van der Waals surface area contributed by atoms with Crippen LogP contribution in [0.4, 0.5) is 13.2 Å². The van der Waals surface area contributed by atoms with Crippen LogP contribution in [0.5, 0.6) is 0 Å². The van der Waals surface area contributed by atoms with Crippen molar-refractivity contribution in [3.8, 4) is 22.6 Å². The maximum Gasteiger partial charge on any atom is 0.416 e. The van der Waals surface area contributed by atoms with Crippen molar-refractivity contribution in [2.24, 2.45) is 0 Å². The second kappa shape index (κ2) is 6.20. The molecule has 0 saturated carbocycles. The summed E-state index contributed by atoms with van der Waals surface area (Å²) in [5.41, 5.74) is 2.12. The van der Waals surface area contributed by atoms with Gasteiger partial charge in [-0.1, -0.05) is 57.5 Å². The van der Waals surface area contributed by atoms with Crippen molar-refractivity contribution in [3.63, 3.8) is 0 Å². The quantitative estimate of drug-likeness (QED) is 0.526. The molecule has 6 heteroatoms. The molecule has 0 aliphatic rings. The summed E-state index contributed by atoms with van der Waals surface area (Å²) < 4.78 is 43.6. The molecule has 118 valence electrons. The Balaban J connectivity index is 2.00. The van der Waals surface area contributed by atoms with Gasteiger partial charge in [-0.05, 0) is 17.7 Å². The van der Waals surface area contributed by atoms with Crippen molar-refractivity contribution >= 4 is 15.9 Å². The fraction of sp³-hybridized carbons (Fsp3) is 0.118. The molecule has 2 nitrogen and oxygen atoms in total. The average Bonchev–Trinajstić information content (AvgIpc) is 3.04. The SMILES string of the molecule is FC(F)(F)c1cccc(-c2cc(-c3ccccc3CBr)no2)c1. The van der Waals surface area contributed by atoms with Crippen molar-refractivity contribution < 1.29 is 17.7 Å². The van der Waals surface area contributed by atoms with E-state index in [1.807, 2.05) is 24.3 Å². The van der Waals surface area contributed by atoms with E-state index in [0.717, 1.165) is 23.3 Å². The molecule has 0 radical (unpaired) electrons. The lowest BCUT2D eigenvalue weighted by atomic mass is 10.0. The smallest absolute Gasteiger partial charge is 0.356 e. The van der Waals surface area contributed by atoms with E-state index in [9.17, 15) is 13.2 Å². The van der Waals surface area contributed by atoms with E-state index in [1.54, 1.807) is 12.1 Å². The van der Waals surface area contributed by atoms with Crippen molar-refractivity contribution in [1.82, 2.24) is 5.16 Å². The zero-order valence-corrected chi connectivity index (χ0v) is 13.4. The van der Waals surface area contributed by atoms with Crippen molar-refractivity contribution in [1.29, 1.82) is 0 Å². The van der Waals surface area contributed by atoms with E-state index in [4.69, 9.17) is 4.52 Å². The highest BCUT2D eigenvalue weighted by Crippen LogP contribution is 2.34. The van der Waals surface area contributed by atoms with Gasteiger partial charge in [0.2, 0.25) is 0 Å². The topological polar surface area (TPSA) is 26.0 Å². The highest BCUT2D eigenvalue weighted by Gasteiger charge is 2.30. The Morgan fingerprint density at radius 2 is 1.78 bits per heavy atom. The van der Waals surface area contributed by atoms with E-state index < -0.39 is 11.7 Å². The number of aromatic nitrogens is 1. The van der Waals surface area contributed by atoms with E-state index in [-0.39, 0.29) is 0 Å². The Bertz CT molecular complexity index is 826. The Labute approximate surface area is 139 Å². The van der Waals surface area contributed by atoms with Crippen molar-refractivity contribution in [2.45, 2.75) is 11.5 Å². The van der Waals surface area contributed by atoms with E-state index in [2.05, 4.69) is 21.1 Å². The Morgan fingerprint density at radius 1 is 1.00 bits per heavy atom. The molecule has 0 saturated heterocycles. The van der Waals surface area contributed by atoms with Crippen LogP contribution in [0.15, 0.2) is 59.1 Å². The summed E-state index contributed by atoms with van der Waals surface area (Å²) in [7, 11) is 0. The molecule has 0 aliphatic carbocycles. The zero-order valence-electron chi connectivity index (χ0n) is 11.8. The lowest BCUT2D eigenvalue weighted by Crippen LogP contribution is -2.04. The highest BCUT2D eigenvalue weighted by molar-refractivity contribution is 9.08. The van der Waals surface area contributed by atoms with Gasteiger partial charge in [-0.25, -0.2) is 0 Å². The van der Waals surface area contributed by atoms with Crippen LogP contribution < -0.4 is 0 Å². The third-order valence-electron chi connectivity index (χ3n) is 3.42. The number of nitrogens with zero attached hydrogens (tertiary/aromatic N) is 1. The lowest BCUT2D eigenvalue weighted by Gasteiger charge is -2.06. The predicted octanol–water partition coefficient (Wildman–Crippen LogP) is 5.92. The van der Waals surface area contributed by atoms with Gasteiger partial charge in [-0.15, -0.1) is 0 Å². The minimum Gasteiger partial charge on any atom is -0.356 e. The minimum absolute atomic E-state index is 0.301. The molecule has 0 amide bonds. The first-order chi connectivity index (χ1) is 11.0. The maximum atomic E-state index is 12.8. The van der Waals surface area contributed by atoms with Crippen LogP contribution in [0.1, 0.15) is 11.1 Å². The van der Waals surface area contributed by atoms with Crippen LogP contribution in [-0.4, -0.2) is 5.16 Å². The first-order valence-electron chi connectivity index (χ1n) is 6.77. The van der Waals surface area contributed by atoms with E-state index in [0.29, 0.717) is 22.3 Å². The summed E-state index contributed by atoms with van der Waals surface area (Å²) in [4.78, 5) is 0. The molecular formula is C17H11BrF3NO. The summed E-state index contributed by atoms with van der Waals surface area (Å²) in [6, 6.07) is 14.3. The number of hydrogen-bond donors (Lipinski definition) is 0. The maximum absolute atomic E-state index is 12.8. The molecular weight excluding hydrogens is 371 g/mol. The summed E-state index contributed by atoms with van der Waals surface area (Å²) in [5.74, 6) is 0.301. The molecule has 0 spiro atoms. The summed E-state index contributed by atoms with van der Waals surface area (Å²) in [6.45, 7) is 0. The molecule has 3 aromatic rings. The van der Waals surface area contributed by atoms with Gasteiger partial charge in [0.05, 0.1) is 5.56 Å². The number of rotatable bonds is 3. The van der Waals surface area contributed by atoms with Crippen LogP contribution in [0.3, 0.4) is 0 Å². The third-order valence-corrected chi connectivity index (χ3v) is 4.03. The van der Waals surface area contributed by atoms with Gasteiger partial charge in [0.25, 0.3) is 0 Å². The number of hydrogen-bond acceptors (Lipinski definition) is 2. The number of alkyl halides is 4. The number of halogens is 4. The third kappa shape index (κ3) is 3.32. The summed E-state index contributed by atoms with van der Waals surface area (Å²) in [6.07, 6.45) is -4.39. The predicted molar refractivity (Wildman–Crippen MR) is 85.0 cm³/mol. The summed E-state index contributed by atoms with van der Waals surface area (Å²) >= 11 is 3.41. The molecule has 23 heavy (non-hydrogen) atoms. The van der Waals surface area contributed by atoms with Gasteiger partial charge in [0.15, 0.2) is 5.76 Å². The second-order valence-corrected chi connectivity index (χ2v) is 5.51. The average molecular weight is 382 g/mol. The lowest BCUT2D eigenvalue weighted by molar-refractivity contribution is -0.137. The molecule has 0 fully saturated rings. The molecule has 1 aromatic heterocycles. The number of benzene rings is 2. The summed E-state index contributed by atoms with van der Waals surface area (Å²) in [5, 5.41) is 4.63. The molecule has 3 rings (SSSR count). The molecule has 0 bridgehead atoms. The molecule has 0 N–H and O–H groups in total. The second-order valence-electron chi connectivity index (χ2n) is 4.95. The van der Waals surface area contributed by atoms with E-state index >= 15 is 0 Å². The van der Waals surface area contributed by atoms with Crippen molar-refractivity contribution in [3.05, 3.63) is 65.7 Å². The normalized spacial score (nSPS) is 11.7. The Hall–Kier alpha value is -2.08. The molecule has 2 aromatic carbocycles. The Kier molecular flexibility index (Phi) is 4.26. The van der Waals surface area contributed by atoms with Crippen LogP contribution in [0, 0.1) is 0 Å². The molecule has 0 atom stereocenters. The standard InChI is InChI=1S/C17H11BrF3NO/c18-10-12-4-1-2-7-14(12)15-9-16(23-22-15)11-5-3-6-13(8-11)17(19,20)21/h1-9H,10H2. The van der Waals surface area contributed by atoms with Gasteiger partial charge in [-0.3, -0.25) is 0 Å². The first-order valence-corrected chi connectivity index (χ1v) is 7.90. The van der Waals surface area contributed by atoms with Crippen LogP contribution in [-0.2, 0) is 11.5 Å².